The van der Waals surface area contributed by atoms with E-state index in [-0.39, 0.29) is 23.4 Å². The molecule has 0 spiro atoms. The van der Waals surface area contributed by atoms with Gasteiger partial charge in [0.15, 0.2) is 11.5 Å². The summed E-state index contributed by atoms with van der Waals surface area (Å²) < 4.78 is 25.6. The third kappa shape index (κ3) is 4.01. The molecule has 0 saturated carbocycles. The summed E-state index contributed by atoms with van der Waals surface area (Å²) in [6, 6.07) is 10.8. The molecule has 25 heavy (non-hydrogen) atoms. The van der Waals surface area contributed by atoms with Gasteiger partial charge in [0, 0.05) is 0 Å². The number of esters is 1. The van der Waals surface area contributed by atoms with E-state index in [2.05, 4.69) is 6.92 Å². The van der Waals surface area contributed by atoms with Crippen molar-refractivity contribution in [1.82, 2.24) is 0 Å². The summed E-state index contributed by atoms with van der Waals surface area (Å²) in [5.74, 6) is -0.499. The number of aryl methyl sites for hydroxylation is 1. The molecular formula is C21H23FO3. The van der Waals surface area contributed by atoms with Crippen molar-refractivity contribution in [2.24, 2.45) is 5.92 Å². The van der Waals surface area contributed by atoms with Crippen LogP contribution in [-0.2, 0) is 11.2 Å². The first-order chi connectivity index (χ1) is 12.1. The first-order valence-electron chi connectivity index (χ1n) is 8.86. The van der Waals surface area contributed by atoms with E-state index in [1.165, 1.54) is 0 Å². The standard InChI is InChI=1S/C21H23FO3/c1-3-4-5-6-16-13-15-9-12-18(19(22)20(15)25-21(16)23)24-17-10-7-14(2)8-11-17/h7-12,16H,3-6,13H2,1-2H3. The Labute approximate surface area is 147 Å². The largest absolute Gasteiger partial charge is 0.454 e. The van der Waals surface area contributed by atoms with Crippen molar-refractivity contribution in [2.45, 2.75) is 46.0 Å². The summed E-state index contributed by atoms with van der Waals surface area (Å²) in [5.41, 5.74) is 1.83. The van der Waals surface area contributed by atoms with Gasteiger partial charge < -0.3 is 9.47 Å². The number of carbonyl (C=O) groups excluding carboxylic acids is 1. The first-order valence-corrected chi connectivity index (χ1v) is 8.86. The lowest BCUT2D eigenvalue weighted by Gasteiger charge is -2.24. The minimum Gasteiger partial charge on any atom is -0.454 e. The summed E-state index contributed by atoms with van der Waals surface area (Å²) >= 11 is 0. The summed E-state index contributed by atoms with van der Waals surface area (Å²) in [7, 11) is 0. The fourth-order valence-electron chi connectivity index (χ4n) is 3.05. The maximum atomic E-state index is 14.7. The predicted octanol–water partition coefficient (Wildman–Crippen LogP) is 5.58. The van der Waals surface area contributed by atoms with E-state index in [1.807, 2.05) is 19.1 Å². The molecule has 0 fully saturated rings. The molecule has 0 N–H and O–H groups in total. The highest BCUT2D eigenvalue weighted by atomic mass is 19.1. The summed E-state index contributed by atoms with van der Waals surface area (Å²) in [6.45, 7) is 4.10. The van der Waals surface area contributed by atoms with E-state index in [1.54, 1.807) is 24.3 Å². The van der Waals surface area contributed by atoms with E-state index in [0.29, 0.717) is 12.2 Å². The quantitative estimate of drug-likeness (QED) is 0.390. The van der Waals surface area contributed by atoms with Gasteiger partial charge in [-0.1, -0.05) is 49.9 Å². The number of ether oxygens (including phenoxy) is 2. The van der Waals surface area contributed by atoms with E-state index in [9.17, 15) is 9.18 Å². The molecule has 0 radical (unpaired) electrons. The number of rotatable bonds is 6. The van der Waals surface area contributed by atoms with Crippen molar-refractivity contribution in [2.75, 3.05) is 0 Å². The minimum atomic E-state index is -0.613. The number of fused-ring (bicyclic) bond motifs is 1. The topological polar surface area (TPSA) is 35.5 Å². The van der Waals surface area contributed by atoms with Crippen molar-refractivity contribution in [3.05, 3.63) is 53.3 Å². The fourth-order valence-corrected chi connectivity index (χ4v) is 3.05. The summed E-state index contributed by atoms with van der Waals surface area (Å²) in [4.78, 5) is 12.2. The van der Waals surface area contributed by atoms with E-state index >= 15 is 0 Å². The average Bonchev–Trinajstić information content (AvgIpc) is 2.61. The molecule has 1 atom stereocenters. The minimum absolute atomic E-state index is 0.0151. The molecule has 0 bridgehead atoms. The molecule has 1 aliphatic heterocycles. The second-order valence-corrected chi connectivity index (χ2v) is 6.60. The highest BCUT2D eigenvalue weighted by molar-refractivity contribution is 5.78. The smallest absolute Gasteiger partial charge is 0.314 e. The van der Waals surface area contributed by atoms with E-state index in [4.69, 9.17) is 9.47 Å². The van der Waals surface area contributed by atoms with Gasteiger partial charge in [-0.2, -0.15) is 4.39 Å². The molecule has 0 saturated heterocycles. The van der Waals surface area contributed by atoms with Crippen molar-refractivity contribution in [3.63, 3.8) is 0 Å². The summed E-state index contributed by atoms with van der Waals surface area (Å²) in [5, 5.41) is 0. The monoisotopic (exact) mass is 342 g/mol. The zero-order valence-electron chi connectivity index (χ0n) is 14.7. The van der Waals surface area contributed by atoms with Crippen LogP contribution in [0.3, 0.4) is 0 Å². The molecule has 3 nitrogen and oxygen atoms in total. The zero-order chi connectivity index (χ0) is 17.8. The Morgan fingerprint density at radius 2 is 1.92 bits per heavy atom. The van der Waals surface area contributed by atoms with Crippen LogP contribution >= 0.6 is 0 Å². The fraction of sp³-hybridized carbons (Fsp3) is 0.381. The average molecular weight is 342 g/mol. The van der Waals surface area contributed by atoms with Gasteiger partial charge in [0.2, 0.25) is 5.82 Å². The molecule has 132 valence electrons. The van der Waals surface area contributed by atoms with Gasteiger partial charge in [0.25, 0.3) is 0 Å². The number of hydrogen-bond acceptors (Lipinski definition) is 3. The Hall–Kier alpha value is -2.36. The van der Waals surface area contributed by atoms with Crippen molar-refractivity contribution in [3.8, 4) is 17.2 Å². The molecule has 0 amide bonds. The zero-order valence-corrected chi connectivity index (χ0v) is 14.7. The van der Waals surface area contributed by atoms with Gasteiger partial charge in [0.05, 0.1) is 5.92 Å². The lowest BCUT2D eigenvalue weighted by Crippen LogP contribution is -2.28. The van der Waals surface area contributed by atoms with Crippen LogP contribution in [0.5, 0.6) is 17.2 Å². The normalized spacial score (nSPS) is 16.3. The number of carbonyl (C=O) groups is 1. The molecule has 1 unspecified atom stereocenters. The van der Waals surface area contributed by atoms with Crippen LogP contribution in [0.2, 0.25) is 0 Å². The van der Waals surface area contributed by atoms with E-state index in [0.717, 1.165) is 36.8 Å². The van der Waals surface area contributed by atoms with Crippen molar-refractivity contribution in [1.29, 1.82) is 0 Å². The van der Waals surface area contributed by atoms with Gasteiger partial charge >= 0.3 is 5.97 Å². The Balaban J connectivity index is 1.77. The lowest BCUT2D eigenvalue weighted by molar-refractivity contribution is -0.140. The Kier molecular flexibility index (Phi) is 5.37. The predicted molar refractivity (Wildman–Crippen MR) is 94.6 cm³/mol. The first kappa shape index (κ1) is 17.5. The number of halogens is 1. The number of hydrogen-bond donors (Lipinski definition) is 0. The van der Waals surface area contributed by atoms with Crippen LogP contribution in [0, 0.1) is 18.7 Å². The van der Waals surface area contributed by atoms with Crippen molar-refractivity contribution < 1.29 is 18.7 Å². The van der Waals surface area contributed by atoms with Crippen LogP contribution in [0.1, 0.15) is 43.7 Å². The molecule has 2 aromatic carbocycles. The van der Waals surface area contributed by atoms with Crippen LogP contribution in [0.4, 0.5) is 4.39 Å². The molecule has 2 aromatic rings. The molecule has 1 heterocycles. The van der Waals surface area contributed by atoms with Gasteiger partial charge in [-0.05, 0) is 43.5 Å². The van der Waals surface area contributed by atoms with Gasteiger partial charge in [-0.3, -0.25) is 4.79 Å². The van der Waals surface area contributed by atoms with Crippen LogP contribution in [0.15, 0.2) is 36.4 Å². The molecule has 0 aliphatic carbocycles. The second kappa shape index (κ2) is 7.68. The maximum Gasteiger partial charge on any atom is 0.314 e. The molecule has 4 heteroatoms. The van der Waals surface area contributed by atoms with Crippen molar-refractivity contribution >= 4 is 5.97 Å². The molecule has 1 aliphatic rings. The van der Waals surface area contributed by atoms with E-state index < -0.39 is 5.82 Å². The lowest BCUT2D eigenvalue weighted by atomic mass is 9.91. The Morgan fingerprint density at radius 3 is 2.64 bits per heavy atom. The molecule has 0 aromatic heterocycles. The second-order valence-electron chi connectivity index (χ2n) is 6.60. The van der Waals surface area contributed by atoms with Gasteiger partial charge in [-0.25, -0.2) is 0 Å². The highest BCUT2D eigenvalue weighted by Crippen LogP contribution is 2.38. The highest BCUT2D eigenvalue weighted by Gasteiger charge is 2.31. The summed E-state index contributed by atoms with van der Waals surface area (Å²) in [6.07, 6.45) is 4.50. The van der Waals surface area contributed by atoms with Crippen LogP contribution < -0.4 is 9.47 Å². The SMILES string of the molecule is CCCCCC1Cc2ccc(Oc3ccc(C)cc3)c(F)c2OC1=O. The van der Waals surface area contributed by atoms with Crippen LogP contribution in [-0.4, -0.2) is 5.97 Å². The van der Waals surface area contributed by atoms with Crippen LogP contribution in [0.25, 0.3) is 0 Å². The molecular weight excluding hydrogens is 319 g/mol. The third-order valence-corrected chi connectivity index (χ3v) is 4.55. The van der Waals surface area contributed by atoms with Gasteiger partial charge in [-0.15, -0.1) is 0 Å². The number of unbranched alkanes of at least 4 members (excludes halogenated alkanes) is 2. The molecule has 3 rings (SSSR count). The maximum absolute atomic E-state index is 14.7. The number of benzene rings is 2. The van der Waals surface area contributed by atoms with Gasteiger partial charge in [0.1, 0.15) is 5.75 Å². The third-order valence-electron chi connectivity index (χ3n) is 4.55. The Bertz CT molecular complexity index is 752. The Morgan fingerprint density at radius 1 is 1.16 bits per heavy atom.